The van der Waals surface area contributed by atoms with Gasteiger partial charge in [-0.1, -0.05) is 18.2 Å². The molecule has 0 bridgehead atoms. The lowest BCUT2D eigenvalue weighted by Crippen LogP contribution is -2.52. The molecule has 3 N–H and O–H groups in total. The predicted octanol–water partition coefficient (Wildman–Crippen LogP) is 0.833. The first kappa shape index (κ1) is 16.3. The molecule has 0 unspecified atom stereocenters. The number of piperazine rings is 1. The van der Waals surface area contributed by atoms with Crippen molar-refractivity contribution in [2.45, 2.75) is 0 Å². The highest BCUT2D eigenvalue weighted by Crippen LogP contribution is 2.16. The van der Waals surface area contributed by atoms with Crippen LogP contribution in [0.5, 0.6) is 0 Å². The average Bonchev–Trinajstić information content (AvgIpc) is 2.97. The largest absolute Gasteiger partial charge is 0.351 e. The second-order valence-electron chi connectivity index (χ2n) is 5.15. The first-order valence-electron chi connectivity index (χ1n) is 7.04. The quantitative estimate of drug-likeness (QED) is 0.859. The van der Waals surface area contributed by atoms with Gasteiger partial charge in [-0.2, -0.15) is 0 Å². The van der Waals surface area contributed by atoms with Crippen molar-refractivity contribution in [3.63, 3.8) is 0 Å². The molecule has 118 valence electrons. The molecule has 1 aromatic carbocycles. The molecule has 0 saturated carbocycles. The molecule has 1 fully saturated rings. The van der Waals surface area contributed by atoms with Crippen molar-refractivity contribution >= 4 is 35.1 Å². The summed E-state index contributed by atoms with van der Waals surface area (Å²) in [5, 5.41) is 1.03. The Morgan fingerprint density at radius 1 is 1.09 bits per heavy atom. The van der Waals surface area contributed by atoms with Gasteiger partial charge >= 0.3 is 0 Å². The number of nitrogens with zero attached hydrogens (tertiary/aromatic N) is 2. The number of aromatic nitrogens is 1. The Balaban J connectivity index is 0.00000176. The minimum atomic E-state index is -0.0623. The molecule has 6 nitrogen and oxygen atoms in total. The molecule has 7 heteroatoms. The maximum Gasteiger partial charge on any atom is 0.270 e. The number of hydrogen-bond acceptors (Lipinski definition) is 3. The van der Waals surface area contributed by atoms with Gasteiger partial charge in [-0.15, -0.1) is 12.4 Å². The van der Waals surface area contributed by atoms with Crippen LogP contribution in [-0.4, -0.2) is 59.3 Å². The second-order valence-corrected chi connectivity index (χ2v) is 5.15. The number of aromatic amines is 1. The molecular weight excluding hydrogens is 304 g/mol. The number of benzene rings is 1. The fourth-order valence-electron chi connectivity index (χ4n) is 2.65. The molecular formula is C15H19ClN4O2. The topological polar surface area (TPSA) is 82.4 Å². The maximum atomic E-state index is 12.5. The number of H-pyrrole nitrogens is 1. The van der Waals surface area contributed by atoms with Gasteiger partial charge in [-0.05, 0) is 12.1 Å². The lowest BCUT2D eigenvalue weighted by atomic mass is 10.2. The van der Waals surface area contributed by atoms with Gasteiger partial charge in [-0.3, -0.25) is 9.59 Å². The Hall–Kier alpha value is -2.05. The summed E-state index contributed by atoms with van der Waals surface area (Å²) in [6.45, 7) is 2.19. The summed E-state index contributed by atoms with van der Waals surface area (Å²) in [6.07, 6.45) is 0. The van der Waals surface area contributed by atoms with Crippen LogP contribution in [0.3, 0.4) is 0 Å². The summed E-state index contributed by atoms with van der Waals surface area (Å²) in [5.41, 5.74) is 6.90. The van der Waals surface area contributed by atoms with Gasteiger partial charge in [0.05, 0.1) is 6.54 Å². The molecule has 1 aromatic heterocycles. The summed E-state index contributed by atoms with van der Waals surface area (Å²) < 4.78 is 0. The second kappa shape index (κ2) is 6.81. The van der Waals surface area contributed by atoms with E-state index in [4.69, 9.17) is 5.73 Å². The predicted molar refractivity (Wildman–Crippen MR) is 87.1 cm³/mol. The highest BCUT2D eigenvalue weighted by molar-refractivity contribution is 5.98. The number of fused-ring (bicyclic) bond motifs is 1. The van der Waals surface area contributed by atoms with E-state index >= 15 is 0 Å². The highest BCUT2D eigenvalue weighted by Gasteiger charge is 2.24. The SMILES string of the molecule is Cl.NCC(=O)N1CCN(C(=O)c2cc3ccccc3[nH]2)CC1. The van der Waals surface area contributed by atoms with Gasteiger partial charge in [0.25, 0.3) is 5.91 Å². The van der Waals surface area contributed by atoms with E-state index in [1.165, 1.54) is 0 Å². The van der Waals surface area contributed by atoms with E-state index in [-0.39, 0.29) is 30.8 Å². The number of carbonyl (C=O) groups excluding carboxylic acids is 2. The van der Waals surface area contributed by atoms with Crippen molar-refractivity contribution in [3.8, 4) is 0 Å². The van der Waals surface area contributed by atoms with E-state index in [2.05, 4.69) is 4.98 Å². The monoisotopic (exact) mass is 322 g/mol. The van der Waals surface area contributed by atoms with Crippen molar-refractivity contribution in [2.75, 3.05) is 32.7 Å². The molecule has 2 heterocycles. The molecule has 0 spiro atoms. The van der Waals surface area contributed by atoms with Gasteiger partial charge in [0.15, 0.2) is 0 Å². The molecule has 2 amide bonds. The third kappa shape index (κ3) is 3.08. The number of carbonyl (C=O) groups is 2. The summed E-state index contributed by atoms with van der Waals surface area (Å²) in [6, 6.07) is 9.67. The summed E-state index contributed by atoms with van der Waals surface area (Å²) in [5.74, 6) is -0.0845. The molecule has 0 atom stereocenters. The molecule has 1 saturated heterocycles. The third-order valence-corrected chi connectivity index (χ3v) is 3.85. The van der Waals surface area contributed by atoms with Crippen molar-refractivity contribution in [1.29, 1.82) is 0 Å². The van der Waals surface area contributed by atoms with Crippen LogP contribution in [-0.2, 0) is 4.79 Å². The maximum absolute atomic E-state index is 12.5. The molecule has 1 aliphatic heterocycles. The number of hydrogen-bond donors (Lipinski definition) is 2. The van der Waals surface area contributed by atoms with E-state index in [0.717, 1.165) is 10.9 Å². The zero-order chi connectivity index (χ0) is 14.8. The summed E-state index contributed by atoms with van der Waals surface area (Å²) >= 11 is 0. The van der Waals surface area contributed by atoms with Crippen LogP contribution in [0.1, 0.15) is 10.5 Å². The number of halogens is 1. The van der Waals surface area contributed by atoms with Gasteiger partial charge in [0.1, 0.15) is 5.69 Å². The van der Waals surface area contributed by atoms with E-state index in [9.17, 15) is 9.59 Å². The molecule has 1 aliphatic rings. The van der Waals surface area contributed by atoms with Crippen LogP contribution < -0.4 is 5.73 Å². The normalized spacial score (nSPS) is 14.8. The summed E-state index contributed by atoms with van der Waals surface area (Å²) in [4.78, 5) is 30.6. The van der Waals surface area contributed by atoms with Gasteiger partial charge < -0.3 is 20.5 Å². The molecule has 0 aliphatic carbocycles. The zero-order valence-electron chi connectivity index (χ0n) is 12.1. The van der Waals surface area contributed by atoms with Crippen molar-refractivity contribution in [1.82, 2.24) is 14.8 Å². The fraction of sp³-hybridized carbons (Fsp3) is 0.333. The first-order chi connectivity index (χ1) is 10.2. The van der Waals surface area contributed by atoms with Crippen molar-refractivity contribution in [2.24, 2.45) is 5.73 Å². The molecule has 0 radical (unpaired) electrons. The van der Waals surface area contributed by atoms with E-state index in [0.29, 0.717) is 31.9 Å². The average molecular weight is 323 g/mol. The van der Waals surface area contributed by atoms with Crippen molar-refractivity contribution < 1.29 is 9.59 Å². The van der Waals surface area contributed by atoms with Crippen LogP contribution in [0, 0.1) is 0 Å². The smallest absolute Gasteiger partial charge is 0.270 e. The minimum Gasteiger partial charge on any atom is -0.351 e. The van der Waals surface area contributed by atoms with Crippen LogP contribution >= 0.6 is 12.4 Å². The number of amides is 2. The minimum absolute atomic E-state index is 0. The molecule has 2 aromatic rings. The van der Waals surface area contributed by atoms with E-state index < -0.39 is 0 Å². The highest BCUT2D eigenvalue weighted by atomic mass is 35.5. The Bertz CT molecular complexity index is 644. The Morgan fingerprint density at radius 2 is 1.73 bits per heavy atom. The first-order valence-corrected chi connectivity index (χ1v) is 7.04. The fourth-order valence-corrected chi connectivity index (χ4v) is 2.65. The lowest BCUT2D eigenvalue weighted by molar-refractivity contribution is -0.131. The van der Waals surface area contributed by atoms with Crippen LogP contribution in [0.4, 0.5) is 0 Å². The standard InChI is InChI=1S/C15H18N4O2.ClH/c16-10-14(20)18-5-7-19(8-6-18)15(21)13-9-11-3-1-2-4-12(11)17-13;/h1-4,9,17H,5-8,10,16H2;1H. The zero-order valence-corrected chi connectivity index (χ0v) is 12.9. The van der Waals surface area contributed by atoms with Crippen LogP contribution in [0.15, 0.2) is 30.3 Å². The molecule has 3 rings (SSSR count). The van der Waals surface area contributed by atoms with Crippen LogP contribution in [0.25, 0.3) is 10.9 Å². The van der Waals surface area contributed by atoms with E-state index in [1.807, 2.05) is 30.3 Å². The van der Waals surface area contributed by atoms with E-state index in [1.54, 1.807) is 9.80 Å². The molecule has 22 heavy (non-hydrogen) atoms. The van der Waals surface area contributed by atoms with Gasteiger partial charge in [-0.25, -0.2) is 0 Å². The number of rotatable bonds is 2. The van der Waals surface area contributed by atoms with Crippen LogP contribution in [0.2, 0.25) is 0 Å². The number of para-hydroxylation sites is 1. The Kier molecular flexibility index (Phi) is 5.05. The lowest BCUT2D eigenvalue weighted by Gasteiger charge is -2.34. The third-order valence-electron chi connectivity index (χ3n) is 3.85. The van der Waals surface area contributed by atoms with Crippen molar-refractivity contribution in [3.05, 3.63) is 36.0 Å². The summed E-state index contributed by atoms with van der Waals surface area (Å²) in [7, 11) is 0. The van der Waals surface area contributed by atoms with Gasteiger partial charge in [0, 0.05) is 37.1 Å². The van der Waals surface area contributed by atoms with Gasteiger partial charge in [0.2, 0.25) is 5.91 Å². The Labute approximate surface area is 134 Å². The Morgan fingerprint density at radius 3 is 2.36 bits per heavy atom. The number of nitrogens with one attached hydrogen (secondary N) is 1. The number of nitrogens with two attached hydrogens (primary N) is 1.